The summed E-state index contributed by atoms with van der Waals surface area (Å²) in [7, 11) is 0. The minimum absolute atomic E-state index is 0.468. The van der Waals surface area contributed by atoms with Gasteiger partial charge in [-0.15, -0.1) is 0 Å². The SMILES string of the molecule is CCOC(CC)(CC)c1noc(-c2ccc(N)cc2)n1. The van der Waals surface area contributed by atoms with Gasteiger partial charge in [0.05, 0.1) is 0 Å². The first-order valence-electron chi connectivity index (χ1n) is 6.99. The zero-order valence-electron chi connectivity index (χ0n) is 12.2. The Kier molecular flexibility index (Phi) is 4.39. The molecule has 0 bridgehead atoms. The van der Waals surface area contributed by atoms with Crippen LogP contribution in [-0.2, 0) is 10.3 Å². The molecule has 0 aliphatic rings. The molecule has 0 amide bonds. The molecule has 0 aliphatic heterocycles. The van der Waals surface area contributed by atoms with Gasteiger partial charge >= 0.3 is 0 Å². The molecule has 1 heterocycles. The molecule has 108 valence electrons. The quantitative estimate of drug-likeness (QED) is 0.818. The molecular weight excluding hydrogens is 254 g/mol. The van der Waals surface area contributed by atoms with E-state index in [4.69, 9.17) is 15.0 Å². The fourth-order valence-corrected chi connectivity index (χ4v) is 2.26. The maximum atomic E-state index is 5.88. The van der Waals surface area contributed by atoms with Crippen LogP contribution in [0.25, 0.3) is 11.5 Å². The summed E-state index contributed by atoms with van der Waals surface area (Å²) in [5, 5.41) is 4.11. The highest BCUT2D eigenvalue weighted by Crippen LogP contribution is 2.32. The molecule has 20 heavy (non-hydrogen) atoms. The standard InChI is InChI=1S/C15H21N3O2/c1-4-15(5-2,19-6-3)14-17-13(20-18-14)11-7-9-12(16)10-8-11/h7-10H,4-6,16H2,1-3H3. The van der Waals surface area contributed by atoms with Crippen LogP contribution in [-0.4, -0.2) is 16.7 Å². The number of hydrogen-bond acceptors (Lipinski definition) is 5. The number of nitrogen functional groups attached to an aromatic ring is 1. The molecule has 2 rings (SSSR count). The van der Waals surface area contributed by atoms with Crippen LogP contribution in [0.5, 0.6) is 0 Å². The van der Waals surface area contributed by atoms with Crippen molar-refractivity contribution in [2.45, 2.75) is 39.2 Å². The van der Waals surface area contributed by atoms with Gasteiger partial charge in [-0.2, -0.15) is 4.98 Å². The average molecular weight is 275 g/mol. The summed E-state index contributed by atoms with van der Waals surface area (Å²) in [5.74, 6) is 1.10. The van der Waals surface area contributed by atoms with E-state index >= 15 is 0 Å². The molecule has 5 nitrogen and oxygen atoms in total. The molecule has 2 aromatic rings. The number of rotatable bonds is 6. The minimum atomic E-state index is -0.468. The van der Waals surface area contributed by atoms with E-state index in [1.54, 1.807) is 0 Å². The third-order valence-electron chi connectivity index (χ3n) is 3.55. The van der Waals surface area contributed by atoms with Gasteiger partial charge in [0.25, 0.3) is 5.89 Å². The van der Waals surface area contributed by atoms with Gasteiger partial charge in [0.15, 0.2) is 0 Å². The zero-order valence-corrected chi connectivity index (χ0v) is 12.2. The van der Waals surface area contributed by atoms with Gasteiger partial charge < -0.3 is 15.0 Å². The lowest BCUT2D eigenvalue weighted by Gasteiger charge is -2.27. The van der Waals surface area contributed by atoms with E-state index in [1.165, 1.54) is 0 Å². The molecule has 0 atom stereocenters. The Morgan fingerprint density at radius 3 is 2.35 bits per heavy atom. The van der Waals surface area contributed by atoms with Crippen LogP contribution < -0.4 is 5.73 Å². The summed E-state index contributed by atoms with van der Waals surface area (Å²) >= 11 is 0. The molecule has 0 aliphatic carbocycles. The molecule has 0 spiro atoms. The topological polar surface area (TPSA) is 74.2 Å². The maximum absolute atomic E-state index is 5.88. The Hall–Kier alpha value is -1.88. The van der Waals surface area contributed by atoms with Crippen LogP contribution in [0.3, 0.4) is 0 Å². The second-order valence-electron chi connectivity index (χ2n) is 4.68. The summed E-state index contributed by atoms with van der Waals surface area (Å²) in [6, 6.07) is 7.36. The number of nitrogens with zero attached hydrogens (tertiary/aromatic N) is 2. The average Bonchev–Trinajstić information content (AvgIpc) is 2.96. The first-order valence-corrected chi connectivity index (χ1v) is 6.99. The molecule has 1 aromatic carbocycles. The van der Waals surface area contributed by atoms with Crippen molar-refractivity contribution in [3.05, 3.63) is 30.1 Å². The van der Waals surface area contributed by atoms with E-state index in [9.17, 15) is 0 Å². The molecule has 2 N–H and O–H groups in total. The van der Waals surface area contributed by atoms with Crippen LogP contribution in [0.1, 0.15) is 39.4 Å². The van der Waals surface area contributed by atoms with Crippen LogP contribution in [0, 0.1) is 0 Å². The molecule has 0 saturated heterocycles. The number of aromatic nitrogens is 2. The molecule has 1 aromatic heterocycles. The summed E-state index contributed by atoms with van der Waals surface area (Å²) in [5.41, 5.74) is 6.77. The minimum Gasteiger partial charge on any atom is -0.399 e. The third-order valence-corrected chi connectivity index (χ3v) is 3.55. The Bertz CT molecular complexity index is 545. The summed E-state index contributed by atoms with van der Waals surface area (Å²) in [6.07, 6.45) is 1.61. The van der Waals surface area contributed by atoms with E-state index in [2.05, 4.69) is 24.0 Å². The van der Waals surface area contributed by atoms with Gasteiger partial charge in [0.1, 0.15) is 5.60 Å². The second kappa shape index (κ2) is 6.05. The van der Waals surface area contributed by atoms with Crippen molar-refractivity contribution < 1.29 is 9.26 Å². The Labute approximate surface area is 119 Å². The maximum Gasteiger partial charge on any atom is 0.258 e. The predicted octanol–water partition coefficient (Wildman–Crippen LogP) is 3.37. The monoisotopic (exact) mass is 275 g/mol. The van der Waals surface area contributed by atoms with E-state index < -0.39 is 5.60 Å². The highest BCUT2D eigenvalue weighted by molar-refractivity contribution is 5.57. The molecule has 5 heteroatoms. The van der Waals surface area contributed by atoms with Crippen LogP contribution in [0.4, 0.5) is 5.69 Å². The van der Waals surface area contributed by atoms with Gasteiger partial charge in [-0.25, -0.2) is 0 Å². The van der Waals surface area contributed by atoms with Crippen LogP contribution in [0.2, 0.25) is 0 Å². The van der Waals surface area contributed by atoms with Crippen molar-refractivity contribution in [1.82, 2.24) is 10.1 Å². The first kappa shape index (κ1) is 14.5. The molecule has 0 saturated carbocycles. The lowest BCUT2D eigenvalue weighted by atomic mass is 9.96. The first-order chi connectivity index (χ1) is 9.65. The lowest BCUT2D eigenvalue weighted by molar-refractivity contribution is -0.0583. The van der Waals surface area contributed by atoms with Gasteiger partial charge in [-0.1, -0.05) is 19.0 Å². The van der Waals surface area contributed by atoms with E-state index in [0.29, 0.717) is 24.0 Å². The number of ether oxygens (including phenoxy) is 1. The fourth-order valence-electron chi connectivity index (χ4n) is 2.26. The number of nitrogens with two attached hydrogens (primary N) is 1. The zero-order chi connectivity index (χ0) is 14.6. The van der Waals surface area contributed by atoms with E-state index in [-0.39, 0.29) is 0 Å². The van der Waals surface area contributed by atoms with E-state index in [0.717, 1.165) is 18.4 Å². The molecule has 0 radical (unpaired) electrons. The summed E-state index contributed by atoms with van der Waals surface area (Å²) in [4.78, 5) is 4.50. The Morgan fingerprint density at radius 2 is 1.80 bits per heavy atom. The fraction of sp³-hybridized carbons (Fsp3) is 0.467. The molecule has 0 unspecified atom stereocenters. The second-order valence-corrected chi connectivity index (χ2v) is 4.68. The Balaban J connectivity index is 2.33. The normalized spacial score (nSPS) is 11.8. The lowest BCUT2D eigenvalue weighted by Crippen LogP contribution is -2.29. The highest BCUT2D eigenvalue weighted by Gasteiger charge is 2.34. The number of anilines is 1. The van der Waals surface area contributed by atoms with Crippen molar-refractivity contribution in [2.75, 3.05) is 12.3 Å². The van der Waals surface area contributed by atoms with Gasteiger partial charge in [-0.05, 0) is 44.0 Å². The van der Waals surface area contributed by atoms with Gasteiger partial charge in [-0.3, -0.25) is 0 Å². The highest BCUT2D eigenvalue weighted by atomic mass is 16.5. The van der Waals surface area contributed by atoms with Crippen molar-refractivity contribution in [2.24, 2.45) is 0 Å². The summed E-state index contributed by atoms with van der Waals surface area (Å²) in [6.45, 7) is 6.73. The predicted molar refractivity (Wildman–Crippen MR) is 78.0 cm³/mol. The smallest absolute Gasteiger partial charge is 0.258 e. The summed E-state index contributed by atoms with van der Waals surface area (Å²) < 4.78 is 11.2. The third kappa shape index (κ3) is 2.67. The molecule has 0 fully saturated rings. The van der Waals surface area contributed by atoms with Crippen molar-refractivity contribution >= 4 is 5.69 Å². The van der Waals surface area contributed by atoms with Gasteiger partial charge in [0.2, 0.25) is 5.82 Å². The number of benzene rings is 1. The van der Waals surface area contributed by atoms with E-state index in [1.807, 2.05) is 31.2 Å². The Morgan fingerprint density at radius 1 is 1.15 bits per heavy atom. The van der Waals surface area contributed by atoms with Crippen LogP contribution in [0.15, 0.2) is 28.8 Å². The number of hydrogen-bond donors (Lipinski definition) is 1. The van der Waals surface area contributed by atoms with Crippen molar-refractivity contribution in [3.63, 3.8) is 0 Å². The van der Waals surface area contributed by atoms with Crippen LogP contribution >= 0.6 is 0 Å². The van der Waals surface area contributed by atoms with Crippen molar-refractivity contribution in [3.8, 4) is 11.5 Å². The van der Waals surface area contributed by atoms with Crippen molar-refractivity contribution in [1.29, 1.82) is 0 Å². The molecular formula is C15H21N3O2. The van der Waals surface area contributed by atoms with Gasteiger partial charge in [0, 0.05) is 17.9 Å². The largest absolute Gasteiger partial charge is 0.399 e.